The van der Waals surface area contributed by atoms with Crippen LogP contribution in [0.5, 0.6) is 0 Å². The van der Waals surface area contributed by atoms with Crippen molar-refractivity contribution in [2.75, 3.05) is 26.7 Å². The molecule has 1 aromatic rings. The van der Waals surface area contributed by atoms with Crippen LogP contribution in [0.1, 0.15) is 12.0 Å². The number of benzene rings is 1. The number of halogens is 2. The molecule has 1 aliphatic heterocycles. The first-order valence-corrected chi connectivity index (χ1v) is 8.18. The summed E-state index contributed by atoms with van der Waals surface area (Å²) in [6, 6.07) is 1.84. The predicted molar refractivity (Wildman–Crippen MR) is 75.0 cm³/mol. The van der Waals surface area contributed by atoms with Gasteiger partial charge in [-0.1, -0.05) is 0 Å². The maximum Gasteiger partial charge on any atom is 0.243 e. The molecule has 5 nitrogen and oxygen atoms in total. The Labute approximate surface area is 123 Å². The van der Waals surface area contributed by atoms with Crippen LogP contribution in [-0.2, 0) is 16.6 Å². The van der Waals surface area contributed by atoms with Gasteiger partial charge >= 0.3 is 0 Å². The van der Waals surface area contributed by atoms with Crippen LogP contribution in [0.4, 0.5) is 8.78 Å². The van der Waals surface area contributed by atoms with E-state index in [4.69, 9.17) is 5.73 Å². The number of nitrogens with two attached hydrogens (primary N) is 1. The summed E-state index contributed by atoms with van der Waals surface area (Å²) in [5.74, 6) is -1.76. The highest BCUT2D eigenvalue weighted by atomic mass is 32.2. The van der Waals surface area contributed by atoms with Gasteiger partial charge in [-0.25, -0.2) is 21.9 Å². The first kappa shape index (κ1) is 16.3. The van der Waals surface area contributed by atoms with Gasteiger partial charge in [-0.2, -0.15) is 0 Å². The minimum Gasteiger partial charge on any atom is -0.326 e. The van der Waals surface area contributed by atoms with Crippen molar-refractivity contribution in [2.24, 2.45) is 11.7 Å². The third kappa shape index (κ3) is 3.57. The average Bonchev–Trinajstić information content (AvgIpc) is 2.83. The van der Waals surface area contributed by atoms with E-state index in [2.05, 4.69) is 9.62 Å². The first-order chi connectivity index (χ1) is 9.85. The summed E-state index contributed by atoms with van der Waals surface area (Å²) in [5, 5.41) is 0. The van der Waals surface area contributed by atoms with Gasteiger partial charge in [0.15, 0.2) is 5.82 Å². The Hall–Kier alpha value is -1.09. The molecular weight excluding hydrogens is 300 g/mol. The number of likely N-dealkylation sites (tertiary alicyclic amines) is 1. The van der Waals surface area contributed by atoms with Crippen LogP contribution >= 0.6 is 0 Å². The molecular formula is C13H19F2N3O2S. The Morgan fingerprint density at radius 2 is 2.14 bits per heavy atom. The molecule has 1 unspecified atom stereocenters. The van der Waals surface area contributed by atoms with E-state index in [9.17, 15) is 17.2 Å². The zero-order chi connectivity index (χ0) is 15.6. The van der Waals surface area contributed by atoms with Crippen LogP contribution in [0.2, 0.25) is 0 Å². The number of nitrogens with zero attached hydrogens (tertiary/aromatic N) is 1. The Bertz CT molecular complexity index is 622. The quantitative estimate of drug-likeness (QED) is 0.836. The Morgan fingerprint density at radius 1 is 1.43 bits per heavy atom. The summed E-state index contributed by atoms with van der Waals surface area (Å²) in [6.07, 6.45) is 0.888. The average molecular weight is 319 g/mol. The van der Waals surface area contributed by atoms with Crippen molar-refractivity contribution in [1.82, 2.24) is 9.62 Å². The van der Waals surface area contributed by atoms with Crippen molar-refractivity contribution in [1.29, 1.82) is 0 Å². The second-order valence-corrected chi connectivity index (χ2v) is 7.05. The summed E-state index contributed by atoms with van der Waals surface area (Å²) in [4.78, 5) is 1.54. The highest BCUT2D eigenvalue weighted by molar-refractivity contribution is 7.89. The minimum atomic E-state index is -4.01. The largest absolute Gasteiger partial charge is 0.326 e. The third-order valence-corrected chi connectivity index (χ3v) is 5.14. The van der Waals surface area contributed by atoms with Gasteiger partial charge in [-0.3, -0.25) is 0 Å². The van der Waals surface area contributed by atoms with Crippen LogP contribution in [-0.4, -0.2) is 40.0 Å². The van der Waals surface area contributed by atoms with Crippen LogP contribution in [0.3, 0.4) is 0 Å². The number of sulfonamides is 1. The van der Waals surface area contributed by atoms with Crippen molar-refractivity contribution in [3.05, 3.63) is 29.3 Å². The molecule has 2 rings (SSSR count). The van der Waals surface area contributed by atoms with Gasteiger partial charge < -0.3 is 10.6 Å². The van der Waals surface area contributed by atoms with E-state index < -0.39 is 38.7 Å². The second kappa shape index (κ2) is 6.35. The Balaban J connectivity index is 2.16. The fraction of sp³-hybridized carbons (Fsp3) is 0.538. The maximum absolute atomic E-state index is 14.0. The minimum absolute atomic E-state index is 0.197. The van der Waals surface area contributed by atoms with Crippen molar-refractivity contribution in [2.45, 2.75) is 17.9 Å². The van der Waals surface area contributed by atoms with Gasteiger partial charge in [0.1, 0.15) is 10.7 Å². The first-order valence-electron chi connectivity index (χ1n) is 6.70. The zero-order valence-corrected chi connectivity index (χ0v) is 12.6. The number of hydrogen-bond donors (Lipinski definition) is 2. The van der Waals surface area contributed by atoms with E-state index in [0.29, 0.717) is 0 Å². The molecule has 0 saturated carbocycles. The van der Waals surface area contributed by atoms with Gasteiger partial charge in [-0.05, 0) is 38.1 Å². The lowest BCUT2D eigenvalue weighted by atomic mass is 10.1. The van der Waals surface area contributed by atoms with Crippen molar-refractivity contribution in [3.8, 4) is 0 Å². The van der Waals surface area contributed by atoms with Crippen LogP contribution in [0, 0.1) is 17.6 Å². The summed E-state index contributed by atoms with van der Waals surface area (Å²) in [6.45, 7) is 1.55. The normalized spacial score (nSPS) is 20.1. The molecule has 118 valence electrons. The van der Waals surface area contributed by atoms with E-state index in [-0.39, 0.29) is 12.5 Å². The summed E-state index contributed by atoms with van der Waals surface area (Å²) >= 11 is 0. The lowest BCUT2D eigenvalue weighted by molar-refractivity contribution is 0.394. The van der Waals surface area contributed by atoms with Gasteiger partial charge in [0.25, 0.3) is 0 Å². The molecule has 0 aromatic heterocycles. The molecule has 0 aliphatic carbocycles. The number of nitrogens with one attached hydrogen (secondary N) is 1. The van der Waals surface area contributed by atoms with Crippen molar-refractivity contribution in [3.63, 3.8) is 0 Å². The van der Waals surface area contributed by atoms with E-state index in [1.807, 2.05) is 7.05 Å². The summed E-state index contributed by atoms with van der Waals surface area (Å²) in [5.41, 5.74) is 4.83. The van der Waals surface area contributed by atoms with Crippen LogP contribution < -0.4 is 10.5 Å². The van der Waals surface area contributed by atoms with E-state index in [1.165, 1.54) is 0 Å². The molecule has 1 heterocycles. The van der Waals surface area contributed by atoms with Gasteiger partial charge in [0, 0.05) is 25.2 Å². The highest BCUT2D eigenvalue weighted by Gasteiger charge is 2.26. The Morgan fingerprint density at radius 3 is 2.71 bits per heavy atom. The molecule has 3 N–H and O–H groups in total. The van der Waals surface area contributed by atoms with Gasteiger partial charge in [0.2, 0.25) is 10.0 Å². The molecule has 1 aliphatic rings. The molecule has 1 fully saturated rings. The predicted octanol–water partition coefficient (Wildman–Crippen LogP) is 0.653. The smallest absolute Gasteiger partial charge is 0.243 e. The van der Waals surface area contributed by atoms with Crippen LogP contribution in [0.15, 0.2) is 17.0 Å². The summed E-state index contributed by atoms with van der Waals surface area (Å²) < 4.78 is 54.1. The van der Waals surface area contributed by atoms with E-state index in [1.54, 1.807) is 0 Å². The fourth-order valence-electron chi connectivity index (χ4n) is 2.47. The highest BCUT2D eigenvalue weighted by Crippen LogP contribution is 2.21. The maximum atomic E-state index is 14.0. The molecule has 0 radical (unpaired) electrons. The van der Waals surface area contributed by atoms with Crippen molar-refractivity contribution < 1.29 is 17.2 Å². The molecule has 0 bridgehead atoms. The Kier molecular flexibility index (Phi) is 4.92. The monoisotopic (exact) mass is 319 g/mol. The topological polar surface area (TPSA) is 75.4 Å². The SMILES string of the molecule is CN1CCC(CNS(=O)(=O)c2ccc(F)c(CN)c2F)C1. The third-order valence-electron chi connectivity index (χ3n) is 3.70. The molecule has 1 saturated heterocycles. The molecule has 0 amide bonds. The molecule has 8 heteroatoms. The molecule has 1 atom stereocenters. The van der Waals surface area contributed by atoms with Gasteiger partial charge in [0.05, 0.1) is 0 Å². The van der Waals surface area contributed by atoms with E-state index in [0.717, 1.165) is 31.6 Å². The van der Waals surface area contributed by atoms with Gasteiger partial charge in [-0.15, -0.1) is 0 Å². The number of rotatable bonds is 5. The lowest BCUT2D eigenvalue weighted by Crippen LogP contribution is -2.31. The number of hydrogen-bond acceptors (Lipinski definition) is 4. The zero-order valence-electron chi connectivity index (χ0n) is 11.8. The molecule has 21 heavy (non-hydrogen) atoms. The fourth-order valence-corrected chi connectivity index (χ4v) is 3.69. The van der Waals surface area contributed by atoms with Crippen LogP contribution in [0.25, 0.3) is 0 Å². The standard InChI is InChI=1S/C13H19F2N3O2S/c1-18-5-4-9(8-18)7-17-21(19,20)12-3-2-11(14)10(6-16)13(12)15/h2-3,9,17H,4-8,16H2,1H3. The second-order valence-electron chi connectivity index (χ2n) is 5.31. The lowest BCUT2D eigenvalue weighted by Gasteiger charge is -2.13. The van der Waals surface area contributed by atoms with Crippen molar-refractivity contribution >= 4 is 10.0 Å². The molecule has 1 aromatic carbocycles. The van der Waals surface area contributed by atoms with E-state index >= 15 is 0 Å². The summed E-state index contributed by atoms with van der Waals surface area (Å²) in [7, 11) is -2.05. The molecule has 0 spiro atoms.